The molecule has 102 heavy (non-hydrogen) atoms. The predicted octanol–water partition coefficient (Wildman–Crippen LogP) is 30.1. The fraction of sp³-hybridized carbons (Fsp3) is 0.431. The van der Waals surface area contributed by atoms with Crippen LogP contribution in [0.2, 0.25) is 0 Å². The predicted molar refractivity (Wildman–Crippen MR) is 463 cm³/mol. The van der Waals surface area contributed by atoms with Crippen LogP contribution in [0.15, 0.2) is 0 Å². The molecule has 0 bridgehead atoms. The lowest BCUT2D eigenvalue weighted by Gasteiger charge is -2.24. The number of rotatable bonds is 0. The summed E-state index contributed by atoms with van der Waals surface area (Å²) < 4.78 is 0. The molecule has 0 aromatic heterocycles. The molecule has 540 valence electrons. The lowest BCUT2D eigenvalue weighted by Crippen LogP contribution is -2.03. The van der Waals surface area contributed by atoms with Crippen molar-refractivity contribution in [1.29, 1.82) is 0 Å². The Morgan fingerprint density at radius 1 is 0.0490 bits per heavy atom. The highest BCUT2D eigenvalue weighted by Crippen LogP contribution is 2.46. The van der Waals surface area contributed by atoms with Crippen molar-refractivity contribution in [3.63, 3.8) is 0 Å². The van der Waals surface area contributed by atoms with E-state index in [1.54, 1.807) is 0 Å². The van der Waals surface area contributed by atoms with Gasteiger partial charge < -0.3 is 0 Å². The summed E-state index contributed by atoms with van der Waals surface area (Å²) in [5, 5.41) is 20.7. The molecule has 0 saturated carbocycles. The Bertz CT molecular complexity index is 4520. The van der Waals surface area contributed by atoms with Crippen molar-refractivity contribution in [3.05, 3.63) is 245 Å². The van der Waals surface area contributed by atoms with Crippen molar-refractivity contribution in [3.8, 4) is 0 Å². The van der Waals surface area contributed by atoms with Crippen LogP contribution in [0.5, 0.6) is 0 Å². The van der Waals surface area contributed by atoms with Crippen LogP contribution >= 0.6 is 0 Å². The highest BCUT2D eigenvalue weighted by atomic mass is 14.3. The molecular weight excluding hydrogens is 1230 g/mol. The summed E-state index contributed by atoms with van der Waals surface area (Å²) in [4.78, 5) is 0. The molecule has 0 saturated heterocycles. The topological polar surface area (TPSA) is 0 Å². The maximum Gasteiger partial charge on any atom is -0.0111 e. The van der Waals surface area contributed by atoms with Crippen molar-refractivity contribution in [2.75, 3.05) is 0 Å². The molecule has 0 heteroatoms. The van der Waals surface area contributed by atoms with Gasteiger partial charge in [0, 0.05) is 0 Å². The van der Waals surface area contributed by atoms with Crippen molar-refractivity contribution in [1.82, 2.24) is 0 Å². The van der Waals surface area contributed by atoms with E-state index >= 15 is 0 Å². The summed E-state index contributed by atoms with van der Waals surface area (Å²) in [5.41, 5.74) is 63.8. The third kappa shape index (κ3) is 12.1. The second-order valence-electron chi connectivity index (χ2n) is 32.8. The fourth-order valence-electron chi connectivity index (χ4n) is 19.1. The molecule has 0 fully saturated rings. The molecule has 0 aliphatic carbocycles. The minimum Gasteiger partial charge on any atom is -0.0444 e. The van der Waals surface area contributed by atoms with E-state index in [1.165, 1.54) is 320 Å². The molecule has 0 atom stereocenters. The second kappa shape index (κ2) is 28.8. The largest absolute Gasteiger partial charge is 0.0444 e. The van der Waals surface area contributed by atoms with E-state index in [9.17, 15) is 0 Å². The molecular formula is C102H132. The fourth-order valence-corrected chi connectivity index (χ4v) is 19.1. The van der Waals surface area contributed by atoms with Crippen LogP contribution in [0.3, 0.4) is 0 Å². The number of hydrogen-bond donors (Lipinski definition) is 0. The van der Waals surface area contributed by atoms with Gasteiger partial charge >= 0.3 is 0 Å². The smallest absolute Gasteiger partial charge is 0.0111 e. The average molecular weight is 1360 g/mol. The van der Waals surface area contributed by atoms with E-state index in [1.807, 2.05) is 0 Å². The van der Waals surface area contributed by atoms with Gasteiger partial charge in [-0.25, -0.2) is 0 Å². The quantitative estimate of drug-likeness (QED) is 0.133. The molecule has 0 radical (unpaired) electrons. The van der Waals surface area contributed by atoms with E-state index in [2.05, 4.69) is 305 Å². The van der Waals surface area contributed by atoms with E-state index in [-0.39, 0.29) is 0 Å². The Balaban J connectivity index is 0.000000163. The first kappa shape index (κ1) is 80.2. The normalized spacial score (nSPS) is 11.5. The summed E-state index contributed by atoms with van der Waals surface area (Å²) in [5.74, 6) is 0. The Morgan fingerprint density at radius 3 is 0.137 bits per heavy atom. The Morgan fingerprint density at radius 2 is 0.0882 bits per heavy atom. The molecule has 0 N–H and O–H groups in total. The zero-order valence-electron chi connectivity index (χ0n) is 73.0. The zero-order valence-corrected chi connectivity index (χ0v) is 73.0. The summed E-state index contributed by atoms with van der Waals surface area (Å²) in [6.45, 7) is 100. The van der Waals surface area contributed by atoms with E-state index < -0.39 is 0 Å². The van der Waals surface area contributed by atoms with Gasteiger partial charge in [-0.3, -0.25) is 0 Å². The molecule has 0 aliphatic rings. The third-order valence-corrected chi connectivity index (χ3v) is 29.1. The van der Waals surface area contributed by atoms with E-state index in [4.69, 9.17) is 0 Å². The summed E-state index contributed by atoms with van der Waals surface area (Å²) >= 11 is 0. The first-order valence-corrected chi connectivity index (χ1v) is 38.2. The minimum absolute atomic E-state index is 1.44. The lowest BCUT2D eigenvalue weighted by molar-refractivity contribution is 1.20. The molecule has 0 amide bonds. The van der Waals surface area contributed by atoms with Gasteiger partial charge in [-0.2, -0.15) is 0 Å². The third-order valence-electron chi connectivity index (χ3n) is 29.1. The second-order valence-corrected chi connectivity index (χ2v) is 32.8. The van der Waals surface area contributed by atoms with Gasteiger partial charge in [0.25, 0.3) is 0 Å². The van der Waals surface area contributed by atoms with Gasteiger partial charge in [0.2, 0.25) is 0 Å². The van der Waals surface area contributed by atoms with Crippen LogP contribution in [0.1, 0.15) is 245 Å². The minimum atomic E-state index is 1.44. The summed E-state index contributed by atoms with van der Waals surface area (Å²) in [6.07, 6.45) is 0. The van der Waals surface area contributed by atoms with Crippen LogP contribution in [0.4, 0.5) is 0 Å². The van der Waals surface area contributed by atoms with E-state index in [0.29, 0.717) is 0 Å². The van der Waals surface area contributed by atoms with Gasteiger partial charge in [0.05, 0.1) is 0 Å². The molecule has 0 unspecified atom stereocenters. The number of fused-ring (bicyclic) bond motifs is 7. The van der Waals surface area contributed by atoms with Crippen molar-refractivity contribution >= 4 is 75.4 Å². The highest BCUT2D eigenvalue weighted by Gasteiger charge is 2.25. The molecule has 0 spiro atoms. The van der Waals surface area contributed by atoms with Crippen molar-refractivity contribution < 1.29 is 0 Å². The standard InChI is InChI=1S/2C24H30.3C18H24/c2*1-11-12(2)16(6)22-20(10)24-18(8)14(4)13(3)17(7)23(24)19(9)21(22)15(11)5;3*1-9-10(2)14(6)18-16(8)12(4)11(3)15(7)17(18)13(9)5/h2*1-10H3;3*1-8H3. The van der Waals surface area contributed by atoms with Gasteiger partial charge in [0.15, 0.2) is 0 Å². The zero-order chi connectivity index (χ0) is 77.5. The van der Waals surface area contributed by atoms with Crippen LogP contribution in [0, 0.1) is 305 Å². The van der Waals surface area contributed by atoms with Crippen LogP contribution in [-0.4, -0.2) is 0 Å². The SMILES string of the molecule is Cc1c(C)c(C)c2c(C)c(C)c(C)c(C)c2c1C.Cc1c(C)c(C)c2c(C)c(C)c(C)c(C)c2c1C.Cc1c(C)c(C)c2c(C)c(C)c(C)c(C)c2c1C.Cc1c(C)c(C)c2c(C)c3c(C)c(C)c(C)c(C)c3c(C)c2c1C.Cc1c(C)c(C)c2c(C)c3c(C)c(C)c(C)c(C)c3c(C)c2c1C. The maximum absolute atomic E-state index is 2.33. The van der Waals surface area contributed by atoms with E-state index in [0.717, 1.165) is 0 Å². The van der Waals surface area contributed by atoms with Crippen LogP contribution in [0.25, 0.3) is 75.4 Å². The Hall–Kier alpha value is -7.54. The first-order valence-electron chi connectivity index (χ1n) is 38.2. The number of aryl methyl sites for hydroxylation is 24. The van der Waals surface area contributed by atoms with Crippen molar-refractivity contribution in [2.45, 2.75) is 305 Å². The Kier molecular flexibility index (Phi) is 22.7. The highest BCUT2D eigenvalue weighted by molar-refractivity contribution is 6.13. The van der Waals surface area contributed by atoms with Crippen LogP contribution < -0.4 is 0 Å². The van der Waals surface area contributed by atoms with Gasteiger partial charge in [-0.15, -0.1) is 0 Å². The monoisotopic (exact) mass is 1360 g/mol. The summed E-state index contributed by atoms with van der Waals surface area (Å²) in [7, 11) is 0. The van der Waals surface area contributed by atoms with Crippen molar-refractivity contribution in [2.24, 2.45) is 0 Å². The number of benzene rings is 12. The number of hydrogen-bond acceptors (Lipinski definition) is 0. The van der Waals surface area contributed by atoms with Crippen LogP contribution in [-0.2, 0) is 0 Å². The molecule has 0 nitrogen and oxygen atoms in total. The molecule has 0 aliphatic heterocycles. The van der Waals surface area contributed by atoms with Gasteiger partial charge in [-0.05, 0) is 625 Å². The molecule has 12 aromatic carbocycles. The average Bonchev–Trinajstić information content (AvgIpc) is 0.731. The Labute approximate surface area is 621 Å². The van der Waals surface area contributed by atoms with Gasteiger partial charge in [0.1, 0.15) is 0 Å². The first-order chi connectivity index (χ1) is 47.1. The molecule has 0 heterocycles. The lowest BCUT2D eigenvalue weighted by atomic mass is 9.80. The summed E-state index contributed by atoms with van der Waals surface area (Å²) in [6, 6.07) is 0. The molecule has 12 rings (SSSR count). The van der Waals surface area contributed by atoms with Gasteiger partial charge in [-0.1, -0.05) is 0 Å². The molecule has 12 aromatic rings. The maximum atomic E-state index is 2.33.